The van der Waals surface area contributed by atoms with Gasteiger partial charge in [-0.05, 0) is 54.5 Å². The van der Waals surface area contributed by atoms with Gasteiger partial charge in [-0.1, -0.05) is 12.1 Å². The average molecular weight is 539 g/mol. The first kappa shape index (κ1) is 26.9. The SMILES string of the molecule is CCOc1cc(/C=C2\NC(=O)N(Cc3ccc(C(=O)OC)o3)C2=O)cc([N+](=O)[O-])c1OCc1cccc(F)c1. The molecule has 0 bridgehead atoms. The molecule has 12 nitrogen and oxygen atoms in total. The van der Waals surface area contributed by atoms with Crippen LogP contribution >= 0.6 is 0 Å². The summed E-state index contributed by atoms with van der Waals surface area (Å²) in [5, 5.41) is 14.3. The molecule has 2 heterocycles. The van der Waals surface area contributed by atoms with Crippen LogP contribution in [-0.4, -0.2) is 41.4 Å². The second-order valence-electron chi connectivity index (χ2n) is 8.11. The lowest BCUT2D eigenvalue weighted by molar-refractivity contribution is -0.386. The molecule has 1 aliphatic rings. The number of imide groups is 1. The molecule has 1 N–H and O–H groups in total. The summed E-state index contributed by atoms with van der Waals surface area (Å²) in [5.74, 6) is -1.99. The molecule has 13 heteroatoms. The van der Waals surface area contributed by atoms with Crippen molar-refractivity contribution in [2.24, 2.45) is 0 Å². The van der Waals surface area contributed by atoms with Gasteiger partial charge in [0.15, 0.2) is 5.75 Å². The Morgan fingerprint density at radius 2 is 1.97 bits per heavy atom. The van der Waals surface area contributed by atoms with Crippen molar-refractivity contribution in [3.05, 3.63) is 92.8 Å². The van der Waals surface area contributed by atoms with Gasteiger partial charge in [-0.2, -0.15) is 0 Å². The Hall–Kier alpha value is -5.20. The van der Waals surface area contributed by atoms with Crippen LogP contribution in [0, 0.1) is 15.9 Å². The Morgan fingerprint density at radius 3 is 2.67 bits per heavy atom. The number of carbonyl (C=O) groups is 3. The normalized spacial score (nSPS) is 13.9. The lowest BCUT2D eigenvalue weighted by Crippen LogP contribution is -2.30. The van der Waals surface area contributed by atoms with Crippen molar-refractivity contribution in [3.8, 4) is 11.5 Å². The van der Waals surface area contributed by atoms with Crippen molar-refractivity contribution in [1.82, 2.24) is 10.2 Å². The van der Waals surface area contributed by atoms with E-state index in [9.17, 15) is 28.9 Å². The summed E-state index contributed by atoms with van der Waals surface area (Å²) in [6.45, 7) is 1.39. The quantitative estimate of drug-likeness (QED) is 0.132. The molecule has 0 unspecified atom stereocenters. The van der Waals surface area contributed by atoms with Gasteiger partial charge in [0.05, 0.1) is 25.2 Å². The number of nitro benzene ring substituents is 1. The Labute approximate surface area is 220 Å². The molecule has 4 rings (SSSR count). The minimum absolute atomic E-state index is 0.0227. The van der Waals surface area contributed by atoms with Gasteiger partial charge in [0, 0.05) is 6.07 Å². The van der Waals surface area contributed by atoms with Crippen LogP contribution in [0.2, 0.25) is 0 Å². The third-order valence-corrected chi connectivity index (χ3v) is 5.46. The zero-order valence-corrected chi connectivity index (χ0v) is 20.8. The molecule has 39 heavy (non-hydrogen) atoms. The number of urea groups is 1. The second kappa shape index (κ2) is 11.5. The summed E-state index contributed by atoms with van der Waals surface area (Å²) in [6.07, 6.45) is 1.26. The zero-order valence-electron chi connectivity index (χ0n) is 20.8. The number of nitro groups is 1. The van der Waals surface area contributed by atoms with E-state index in [1.165, 1.54) is 49.6 Å². The number of amides is 3. The number of methoxy groups -OCH3 is 1. The van der Waals surface area contributed by atoms with Gasteiger partial charge >= 0.3 is 17.7 Å². The molecule has 3 aromatic rings. The zero-order chi connectivity index (χ0) is 28.1. The molecule has 2 aromatic carbocycles. The van der Waals surface area contributed by atoms with E-state index in [1.54, 1.807) is 13.0 Å². The van der Waals surface area contributed by atoms with Gasteiger partial charge in [0.2, 0.25) is 11.5 Å². The first-order valence-corrected chi connectivity index (χ1v) is 11.5. The first-order chi connectivity index (χ1) is 18.7. The fourth-order valence-electron chi connectivity index (χ4n) is 3.73. The highest BCUT2D eigenvalue weighted by molar-refractivity contribution is 6.13. The Morgan fingerprint density at radius 1 is 1.18 bits per heavy atom. The molecular formula is C26H22FN3O9. The number of ether oxygens (including phenoxy) is 3. The molecule has 1 aliphatic heterocycles. The number of carbonyl (C=O) groups excluding carboxylic acids is 3. The van der Waals surface area contributed by atoms with E-state index >= 15 is 0 Å². The second-order valence-corrected chi connectivity index (χ2v) is 8.11. The first-order valence-electron chi connectivity index (χ1n) is 11.5. The van der Waals surface area contributed by atoms with Crippen molar-refractivity contribution >= 4 is 29.7 Å². The molecule has 0 radical (unpaired) electrons. The largest absolute Gasteiger partial charge is 0.490 e. The number of esters is 1. The fraction of sp³-hybridized carbons (Fsp3) is 0.192. The summed E-state index contributed by atoms with van der Waals surface area (Å²) in [4.78, 5) is 49.0. The number of halogens is 1. The van der Waals surface area contributed by atoms with Crippen molar-refractivity contribution < 1.29 is 42.3 Å². The van der Waals surface area contributed by atoms with E-state index in [-0.39, 0.29) is 54.0 Å². The van der Waals surface area contributed by atoms with Crippen LogP contribution in [0.1, 0.15) is 34.4 Å². The lowest BCUT2D eigenvalue weighted by Gasteiger charge is -2.13. The van der Waals surface area contributed by atoms with Gasteiger partial charge in [-0.15, -0.1) is 0 Å². The van der Waals surface area contributed by atoms with Crippen molar-refractivity contribution in [1.29, 1.82) is 0 Å². The molecule has 0 atom stereocenters. The number of nitrogens with zero attached hydrogens (tertiary/aromatic N) is 2. The van der Waals surface area contributed by atoms with Crippen LogP contribution in [0.3, 0.4) is 0 Å². The van der Waals surface area contributed by atoms with Gasteiger partial charge in [-0.3, -0.25) is 19.8 Å². The van der Waals surface area contributed by atoms with Gasteiger partial charge in [0.25, 0.3) is 5.91 Å². The lowest BCUT2D eigenvalue weighted by atomic mass is 10.1. The number of rotatable bonds is 10. The van der Waals surface area contributed by atoms with Gasteiger partial charge in [0.1, 0.15) is 23.9 Å². The third kappa shape index (κ3) is 6.04. The van der Waals surface area contributed by atoms with Gasteiger partial charge in [-0.25, -0.2) is 14.0 Å². The van der Waals surface area contributed by atoms with Crippen molar-refractivity contribution in [2.75, 3.05) is 13.7 Å². The van der Waals surface area contributed by atoms with E-state index in [2.05, 4.69) is 10.1 Å². The van der Waals surface area contributed by atoms with E-state index in [0.717, 1.165) is 11.0 Å². The standard InChI is InChI=1S/C26H22FN3O9/c1-3-37-22-12-16(11-20(30(34)35)23(22)38-14-15-5-4-6-17(27)9-15)10-19-24(31)29(26(33)28-19)13-18-7-8-21(39-18)25(32)36-2/h4-12H,3,13-14H2,1-2H3,(H,28,33)/b19-10-. The molecular weight excluding hydrogens is 517 g/mol. The predicted octanol–water partition coefficient (Wildman–Crippen LogP) is 4.18. The van der Waals surface area contributed by atoms with Crippen LogP contribution in [0.25, 0.3) is 6.08 Å². The van der Waals surface area contributed by atoms with E-state index in [0.29, 0.717) is 5.56 Å². The molecule has 1 aromatic heterocycles. The van der Waals surface area contributed by atoms with Crippen LogP contribution < -0.4 is 14.8 Å². The number of benzene rings is 2. The monoisotopic (exact) mass is 539 g/mol. The topological polar surface area (TPSA) is 150 Å². The Balaban J connectivity index is 1.60. The summed E-state index contributed by atoms with van der Waals surface area (Å²) in [5.41, 5.74) is 0.0287. The van der Waals surface area contributed by atoms with E-state index < -0.39 is 34.3 Å². The van der Waals surface area contributed by atoms with Crippen molar-refractivity contribution in [3.63, 3.8) is 0 Å². The molecule has 0 spiro atoms. The summed E-state index contributed by atoms with van der Waals surface area (Å²) in [6, 6.07) is 10.2. The minimum atomic E-state index is -0.753. The number of nitrogens with one attached hydrogen (secondary N) is 1. The molecule has 1 fully saturated rings. The molecule has 202 valence electrons. The number of hydrogen-bond acceptors (Lipinski definition) is 9. The maximum atomic E-state index is 13.5. The fourth-order valence-corrected chi connectivity index (χ4v) is 3.73. The van der Waals surface area contributed by atoms with E-state index in [1.807, 2.05) is 0 Å². The number of hydrogen-bond donors (Lipinski definition) is 1. The Kier molecular flexibility index (Phi) is 7.89. The third-order valence-electron chi connectivity index (χ3n) is 5.46. The molecule has 1 saturated heterocycles. The molecule has 0 saturated carbocycles. The van der Waals surface area contributed by atoms with Crippen LogP contribution in [-0.2, 0) is 22.7 Å². The van der Waals surface area contributed by atoms with Gasteiger partial charge < -0.3 is 23.9 Å². The highest BCUT2D eigenvalue weighted by Gasteiger charge is 2.35. The maximum Gasteiger partial charge on any atom is 0.373 e. The molecule has 0 aliphatic carbocycles. The Bertz CT molecular complexity index is 1480. The summed E-state index contributed by atoms with van der Waals surface area (Å²) < 4.78 is 34.6. The molecule has 3 amide bonds. The smallest absolute Gasteiger partial charge is 0.373 e. The maximum absolute atomic E-state index is 13.5. The summed E-state index contributed by atoms with van der Waals surface area (Å²) in [7, 11) is 1.18. The van der Waals surface area contributed by atoms with Crippen LogP contribution in [0.15, 0.2) is 58.6 Å². The number of furan rings is 1. The highest BCUT2D eigenvalue weighted by atomic mass is 19.1. The van der Waals surface area contributed by atoms with Crippen molar-refractivity contribution in [2.45, 2.75) is 20.1 Å². The average Bonchev–Trinajstić information content (AvgIpc) is 3.48. The predicted molar refractivity (Wildman–Crippen MR) is 132 cm³/mol. The van der Waals surface area contributed by atoms with Crippen LogP contribution in [0.5, 0.6) is 11.5 Å². The minimum Gasteiger partial charge on any atom is -0.490 e. The van der Waals surface area contributed by atoms with E-state index in [4.69, 9.17) is 13.9 Å². The highest BCUT2D eigenvalue weighted by Crippen LogP contribution is 2.40. The van der Waals surface area contributed by atoms with Crippen LogP contribution in [0.4, 0.5) is 14.9 Å². The summed E-state index contributed by atoms with van der Waals surface area (Å²) >= 11 is 0.